The van der Waals surface area contributed by atoms with E-state index in [1.807, 2.05) is 0 Å². The molecule has 0 heterocycles. The summed E-state index contributed by atoms with van der Waals surface area (Å²) < 4.78 is 22.5. The quantitative estimate of drug-likeness (QED) is 0.606. The van der Waals surface area contributed by atoms with E-state index >= 15 is 0 Å². The van der Waals surface area contributed by atoms with Gasteiger partial charge in [-0.1, -0.05) is 44.0 Å². The number of unbranched alkanes of at least 4 members (excludes halogenated alkanes) is 1. The van der Waals surface area contributed by atoms with Gasteiger partial charge in [0.25, 0.3) is 0 Å². The molecule has 0 aromatic heterocycles. The monoisotopic (exact) mass is 296 g/mol. The molecule has 0 saturated heterocycles. The van der Waals surface area contributed by atoms with E-state index in [1.165, 1.54) is 25.7 Å². The summed E-state index contributed by atoms with van der Waals surface area (Å²) in [5.41, 5.74) is 3.20. The number of hydrogen-bond acceptors (Lipinski definition) is 0. The van der Waals surface area contributed by atoms with Gasteiger partial charge < -0.3 is 0 Å². The third-order valence-electron chi connectivity index (χ3n) is 2.87. The standard InChI is InChI=1S/C12H16.3CO.Cr/c1-2-3-6-10-9-11-7-4-5-8-12(10)11;3*1-2;/h4-5,7-8,10H,2-3,6,9H2,1H3;;;;/q;;;;+6. The van der Waals surface area contributed by atoms with Crippen molar-refractivity contribution in [3.63, 3.8) is 0 Å². The van der Waals surface area contributed by atoms with Crippen LogP contribution in [-0.4, -0.2) is 0 Å². The molecule has 19 heavy (non-hydrogen) atoms. The third-order valence-corrected chi connectivity index (χ3v) is 2.87. The number of benzene rings is 1. The van der Waals surface area contributed by atoms with Gasteiger partial charge in [0, 0.05) is 0 Å². The Labute approximate surface area is 125 Å². The maximum Gasteiger partial charge on any atom is 6.00 e. The van der Waals surface area contributed by atoms with Crippen molar-refractivity contribution in [2.45, 2.75) is 38.5 Å². The molecule has 94 valence electrons. The van der Waals surface area contributed by atoms with Gasteiger partial charge in [-0.05, 0) is 29.9 Å². The van der Waals surface area contributed by atoms with Crippen molar-refractivity contribution in [1.29, 1.82) is 0 Å². The van der Waals surface area contributed by atoms with Crippen molar-refractivity contribution < 1.29 is 31.3 Å². The predicted octanol–water partition coefficient (Wildman–Crippen LogP) is 3.40. The average molecular weight is 296 g/mol. The second-order valence-corrected chi connectivity index (χ2v) is 3.74. The Kier molecular flexibility index (Phi) is 20.6. The molecule has 0 aliphatic heterocycles. The Morgan fingerprint density at radius 1 is 1.05 bits per heavy atom. The van der Waals surface area contributed by atoms with Crippen LogP contribution in [0.5, 0.6) is 0 Å². The molecular weight excluding hydrogens is 280 g/mol. The summed E-state index contributed by atoms with van der Waals surface area (Å²) >= 11 is 0. The molecule has 0 radical (unpaired) electrons. The van der Waals surface area contributed by atoms with Crippen LogP contribution in [0.1, 0.15) is 43.2 Å². The summed E-state index contributed by atoms with van der Waals surface area (Å²) in [7, 11) is 0. The van der Waals surface area contributed by atoms with Crippen LogP contribution in [0.4, 0.5) is 0 Å². The van der Waals surface area contributed by atoms with E-state index < -0.39 is 0 Å². The predicted molar refractivity (Wildman–Crippen MR) is 64.2 cm³/mol. The first-order valence-electron chi connectivity index (χ1n) is 5.61. The number of rotatable bonds is 3. The minimum atomic E-state index is 0. The molecule has 0 amide bonds. The van der Waals surface area contributed by atoms with Crippen molar-refractivity contribution in [3.8, 4) is 0 Å². The first-order chi connectivity index (χ1) is 8.92. The summed E-state index contributed by atoms with van der Waals surface area (Å²) in [4.78, 5) is 0. The van der Waals surface area contributed by atoms with E-state index in [0.717, 1.165) is 5.92 Å². The number of hydrogen-bond donors (Lipinski definition) is 0. The van der Waals surface area contributed by atoms with Crippen molar-refractivity contribution in [3.05, 3.63) is 55.3 Å². The molecular formula is C15H16CrO3+6. The van der Waals surface area contributed by atoms with Crippen LogP contribution in [0.15, 0.2) is 24.3 Å². The fourth-order valence-corrected chi connectivity index (χ4v) is 2.07. The van der Waals surface area contributed by atoms with Gasteiger partial charge in [-0.2, -0.15) is 0 Å². The molecule has 1 unspecified atom stereocenters. The van der Waals surface area contributed by atoms with Crippen molar-refractivity contribution in [2.75, 3.05) is 0 Å². The van der Waals surface area contributed by atoms with Gasteiger partial charge in [-0.3, -0.25) is 0 Å². The minimum Gasteiger partial charge on any atom is 6.00 e. The Balaban J connectivity index is -0.000000325. The SMILES string of the molecule is CCCCC1Cc2ccccc21.[C-]#[O+].[C-]#[O+].[C-]#[O+].[Cr+6]. The van der Waals surface area contributed by atoms with E-state index in [1.54, 1.807) is 11.1 Å². The maximum absolute atomic E-state index is 7.50. The van der Waals surface area contributed by atoms with Crippen LogP contribution in [-0.2, 0) is 37.7 Å². The third kappa shape index (κ3) is 7.88. The Morgan fingerprint density at radius 3 is 2.05 bits per heavy atom. The van der Waals surface area contributed by atoms with Crippen LogP contribution < -0.4 is 0 Å². The van der Waals surface area contributed by atoms with Gasteiger partial charge >= 0.3 is 51.3 Å². The molecule has 0 fully saturated rings. The maximum atomic E-state index is 7.50. The van der Waals surface area contributed by atoms with Crippen molar-refractivity contribution >= 4 is 0 Å². The summed E-state index contributed by atoms with van der Waals surface area (Å²) in [5, 5.41) is 0. The molecule has 1 aliphatic rings. The fourth-order valence-electron chi connectivity index (χ4n) is 2.07. The zero-order valence-corrected chi connectivity index (χ0v) is 12.1. The Bertz CT molecular complexity index is 368. The molecule has 3 nitrogen and oxygen atoms in total. The topological polar surface area (TPSA) is 59.7 Å². The van der Waals surface area contributed by atoms with Crippen LogP contribution in [0.3, 0.4) is 0 Å². The van der Waals surface area contributed by atoms with Crippen LogP contribution in [0, 0.1) is 20.0 Å². The Hall–Kier alpha value is -1.03. The molecule has 0 saturated carbocycles. The second-order valence-electron chi connectivity index (χ2n) is 3.74. The molecule has 1 aromatic rings. The summed E-state index contributed by atoms with van der Waals surface area (Å²) in [6, 6.07) is 8.86. The molecule has 0 spiro atoms. The largest absolute Gasteiger partial charge is 6.00 e. The van der Waals surface area contributed by atoms with Crippen LogP contribution in [0.25, 0.3) is 0 Å². The van der Waals surface area contributed by atoms with Gasteiger partial charge in [-0.15, -0.1) is 0 Å². The molecule has 1 aliphatic carbocycles. The smallest absolute Gasteiger partial charge is 6.00 e. The number of fused-ring (bicyclic) bond motifs is 1. The van der Waals surface area contributed by atoms with Gasteiger partial charge in [0.15, 0.2) is 0 Å². The van der Waals surface area contributed by atoms with Crippen LogP contribution in [0.2, 0.25) is 0 Å². The fraction of sp³-hybridized carbons (Fsp3) is 0.400. The molecule has 1 aromatic carbocycles. The Morgan fingerprint density at radius 2 is 1.58 bits per heavy atom. The zero-order chi connectivity index (χ0) is 14.4. The van der Waals surface area contributed by atoms with Gasteiger partial charge in [-0.25, -0.2) is 0 Å². The van der Waals surface area contributed by atoms with Crippen molar-refractivity contribution in [1.82, 2.24) is 0 Å². The summed E-state index contributed by atoms with van der Waals surface area (Å²) in [6.45, 7) is 15.8. The molecule has 4 heteroatoms. The van der Waals surface area contributed by atoms with E-state index in [0.29, 0.717) is 0 Å². The molecule has 0 bridgehead atoms. The van der Waals surface area contributed by atoms with Crippen molar-refractivity contribution in [2.24, 2.45) is 0 Å². The normalized spacial score (nSPS) is 12.9. The summed E-state index contributed by atoms with van der Waals surface area (Å²) in [5.74, 6) is 0.890. The van der Waals surface area contributed by atoms with Crippen LogP contribution >= 0.6 is 0 Å². The first kappa shape index (κ1) is 23.1. The minimum absolute atomic E-state index is 0. The summed E-state index contributed by atoms with van der Waals surface area (Å²) in [6.07, 6.45) is 5.45. The molecule has 2 rings (SSSR count). The first-order valence-corrected chi connectivity index (χ1v) is 5.61. The molecule has 0 N–H and O–H groups in total. The second kappa shape index (κ2) is 17.0. The van der Waals surface area contributed by atoms with E-state index in [-0.39, 0.29) is 17.4 Å². The van der Waals surface area contributed by atoms with E-state index in [9.17, 15) is 0 Å². The van der Waals surface area contributed by atoms with E-state index in [2.05, 4.69) is 51.1 Å². The van der Waals surface area contributed by atoms with Gasteiger partial charge in [0.05, 0.1) is 0 Å². The van der Waals surface area contributed by atoms with E-state index in [4.69, 9.17) is 14.0 Å². The average Bonchev–Trinajstić information content (AvgIpc) is 2.47. The molecule has 1 atom stereocenters. The van der Waals surface area contributed by atoms with Gasteiger partial charge in [0.2, 0.25) is 0 Å². The zero-order valence-electron chi connectivity index (χ0n) is 10.8. The van der Waals surface area contributed by atoms with Gasteiger partial charge in [0.1, 0.15) is 0 Å².